The van der Waals surface area contributed by atoms with Gasteiger partial charge in [-0.15, -0.1) is 0 Å². The van der Waals surface area contributed by atoms with Gasteiger partial charge in [0.1, 0.15) is 12.6 Å². The van der Waals surface area contributed by atoms with E-state index in [2.05, 4.69) is 40.2 Å². The molecule has 0 N–H and O–H groups in total. The minimum atomic E-state index is -0.683. The van der Waals surface area contributed by atoms with E-state index in [1.165, 1.54) is 16.0 Å². The third-order valence-electron chi connectivity index (χ3n) is 5.91. The summed E-state index contributed by atoms with van der Waals surface area (Å²) in [6.45, 7) is 0.124. The third-order valence-corrected chi connectivity index (χ3v) is 6.44. The van der Waals surface area contributed by atoms with Gasteiger partial charge in [0.15, 0.2) is 6.73 Å². The number of esters is 1. The summed E-state index contributed by atoms with van der Waals surface area (Å²) >= 11 is 3.40. The second-order valence-corrected chi connectivity index (χ2v) is 8.63. The molecule has 1 atom stereocenters. The van der Waals surface area contributed by atoms with Gasteiger partial charge in [-0.05, 0) is 39.9 Å². The lowest BCUT2D eigenvalue weighted by molar-refractivity contribution is -0.139. The molecule has 0 unspecified atom stereocenters. The van der Waals surface area contributed by atoms with E-state index in [-0.39, 0.29) is 19.3 Å². The van der Waals surface area contributed by atoms with E-state index in [1.807, 2.05) is 48.5 Å². The van der Waals surface area contributed by atoms with Crippen molar-refractivity contribution in [3.63, 3.8) is 0 Å². The molecule has 2 aliphatic rings. The number of ether oxygens (including phenoxy) is 2. The number of benzene rings is 3. The molecule has 3 aromatic carbocycles. The smallest absolute Gasteiger partial charge is 0.413 e. The van der Waals surface area contributed by atoms with Crippen molar-refractivity contribution in [3.05, 3.63) is 94.0 Å². The average molecular weight is 478 g/mol. The molecule has 1 saturated heterocycles. The topological polar surface area (TPSA) is 55.8 Å². The van der Waals surface area contributed by atoms with Gasteiger partial charge in [0.2, 0.25) is 0 Å². The zero-order valence-corrected chi connectivity index (χ0v) is 18.2. The van der Waals surface area contributed by atoms with Crippen LogP contribution in [0, 0.1) is 0 Å². The average Bonchev–Trinajstić information content (AvgIpc) is 3.32. The maximum atomic E-state index is 12.9. The SMILES string of the molecule is O=C1OCN(C(=O)OCC2c3ccccc3-c3ccccc32)[C@H]1Cc1ccc(Br)cc1. The van der Waals surface area contributed by atoms with Gasteiger partial charge < -0.3 is 9.47 Å². The van der Waals surface area contributed by atoms with Crippen LogP contribution in [0.5, 0.6) is 0 Å². The Bertz CT molecular complexity index is 1100. The van der Waals surface area contributed by atoms with Gasteiger partial charge in [0.25, 0.3) is 0 Å². The van der Waals surface area contributed by atoms with Crippen LogP contribution in [0.4, 0.5) is 4.79 Å². The Morgan fingerprint density at radius 1 is 0.968 bits per heavy atom. The Labute approximate surface area is 188 Å². The van der Waals surface area contributed by atoms with E-state index < -0.39 is 18.1 Å². The molecule has 0 spiro atoms. The van der Waals surface area contributed by atoms with Crippen molar-refractivity contribution in [1.29, 1.82) is 0 Å². The predicted octanol–water partition coefficient (Wildman–Crippen LogP) is 5.13. The molecular formula is C25H20BrNO4. The van der Waals surface area contributed by atoms with E-state index in [4.69, 9.17) is 9.47 Å². The molecular weight excluding hydrogens is 458 g/mol. The second-order valence-electron chi connectivity index (χ2n) is 7.71. The molecule has 1 fully saturated rings. The summed E-state index contributed by atoms with van der Waals surface area (Å²) in [5.41, 5.74) is 5.59. The van der Waals surface area contributed by atoms with E-state index in [0.717, 1.165) is 21.2 Å². The minimum absolute atomic E-state index is 0.0273. The summed E-state index contributed by atoms with van der Waals surface area (Å²) < 4.78 is 11.8. The molecule has 1 heterocycles. The van der Waals surface area contributed by atoms with E-state index in [9.17, 15) is 9.59 Å². The van der Waals surface area contributed by atoms with Crippen LogP contribution in [0.2, 0.25) is 0 Å². The minimum Gasteiger partial charge on any atom is -0.448 e. The standard InChI is InChI=1S/C25H20BrNO4/c26-17-11-9-16(10-12-17)13-23-24(28)31-15-27(23)25(29)30-14-22-20-7-3-1-5-18(20)19-6-2-4-8-21(19)22/h1-12,22-23H,13-15H2/t23-/m0/s1. The molecule has 1 amide bonds. The molecule has 0 radical (unpaired) electrons. The highest BCUT2D eigenvalue weighted by Crippen LogP contribution is 2.44. The number of fused-ring (bicyclic) bond motifs is 3. The van der Waals surface area contributed by atoms with Crippen molar-refractivity contribution in [2.45, 2.75) is 18.4 Å². The second kappa shape index (κ2) is 8.19. The molecule has 0 saturated carbocycles. The van der Waals surface area contributed by atoms with Crippen LogP contribution in [0.25, 0.3) is 11.1 Å². The van der Waals surface area contributed by atoms with Gasteiger partial charge in [-0.1, -0.05) is 76.6 Å². The highest BCUT2D eigenvalue weighted by molar-refractivity contribution is 9.10. The molecule has 1 aliphatic carbocycles. The first kappa shape index (κ1) is 19.8. The maximum Gasteiger partial charge on any atom is 0.413 e. The first-order valence-corrected chi connectivity index (χ1v) is 10.9. The van der Waals surface area contributed by atoms with Crippen molar-refractivity contribution in [3.8, 4) is 11.1 Å². The van der Waals surface area contributed by atoms with Crippen LogP contribution in [-0.4, -0.2) is 36.3 Å². The van der Waals surface area contributed by atoms with Gasteiger partial charge in [-0.25, -0.2) is 9.59 Å². The van der Waals surface area contributed by atoms with Crippen molar-refractivity contribution < 1.29 is 19.1 Å². The fourth-order valence-electron chi connectivity index (χ4n) is 4.34. The van der Waals surface area contributed by atoms with E-state index in [0.29, 0.717) is 6.42 Å². The lowest BCUT2D eigenvalue weighted by atomic mass is 9.98. The quantitative estimate of drug-likeness (QED) is 0.489. The van der Waals surface area contributed by atoms with Crippen molar-refractivity contribution >= 4 is 28.0 Å². The van der Waals surface area contributed by atoms with Gasteiger partial charge in [-0.2, -0.15) is 0 Å². The molecule has 0 bridgehead atoms. The van der Waals surface area contributed by atoms with Crippen LogP contribution in [0.3, 0.4) is 0 Å². The molecule has 31 heavy (non-hydrogen) atoms. The Morgan fingerprint density at radius 2 is 1.58 bits per heavy atom. The fraction of sp³-hybridized carbons (Fsp3) is 0.200. The lowest BCUT2D eigenvalue weighted by Crippen LogP contribution is -2.40. The number of halogens is 1. The van der Waals surface area contributed by atoms with Gasteiger partial charge >= 0.3 is 12.1 Å². The van der Waals surface area contributed by atoms with Crippen LogP contribution < -0.4 is 0 Å². The number of cyclic esters (lactones) is 1. The zero-order chi connectivity index (χ0) is 21.4. The van der Waals surface area contributed by atoms with Crippen LogP contribution in [0.15, 0.2) is 77.3 Å². The Hall–Kier alpha value is -3.12. The summed E-state index contributed by atoms with van der Waals surface area (Å²) in [5.74, 6) is -0.433. The number of hydrogen-bond acceptors (Lipinski definition) is 4. The number of hydrogen-bond donors (Lipinski definition) is 0. The first-order valence-electron chi connectivity index (χ1n) is 10.1. The number of carbonyl (C=O) groups is 2. The summed E-state index contributed by atoms with van der Waals surface area (Å²) in [5, 5.41) is 0. The molecule has 0 aromatic heterocycles. The van der Waals surface area contributed by atoms with E-state index in [1.54, 1.807) is 0 Å². The predicted molar refractivity (Wildman–Crippen MR) is 120 cm³/mol. The number of nitrogens with zero attached hydrogens (tertiary/aromatic N) is 1. The van der Waals surface area contributed by atoms with Gasteiger partial charge in [-0.3, -0.25) is 4.90 Å². The Balaban J connectivity index is 1.31. The fourth-order valence-corrected chi connectivity index (χ4v) is 4.61. The monoisotopic (exact) mass is 477 g/mol. The maximum absolute atomic E-state index is 12.9. The highest BCUT2D eigenvalue weighted by Gasteiger charge is 2.39. The zero-order valence-electron chi connectivity index (χ0n) is 16.7. The van der Waals surface area contributed by atoms with Crippen molar-refractivity contribution in [1.82, 2.24) is 4.90 Å². The summed E-state index contributed by atoms with van der Waals surface area (Å²) in [6, 6.07) is 23.4. The summed E-state index contributed by atoms with van der Waals surface area (Å²) in [6.07, 6.45) is -0.147. The number of carbonyl (C=O) groups excluding carboxylic acids is 2. The molecule has 6 heteroatoms. The molecule has 5 nitrogen and oxygen atoms in total. The third kappa shape index (κ3) is 3.72. The number of rotatable bonds is 4. The van der Waals surface area contributed by atoms with Crippen LogP contribution in [-0.2, 0) is 20.7 Å². The number of amides is 1. The van der Waals surface area contributed by atoms with Crippen LogP contribution >= 0.6 is 15.9 Å². The largest absolute Gasteiger partial charge is 0.448 e. The highest BCUT2D eigenvalue weighted by atomic mass is 79.9. The van der Waals surface area contributed by atoms with Crippen LogP contribution in [0.1, 0.15) is 22.6 Å². The Kier molecular flexibility index (Phi) is 5.24. The molecule has 1 aliphatic heterocycles. The summed E-state index contributed by atoms with van der Waals surface area (Å²) in [7, 11) is 0. The molecule has 5 rings (SSSR count). The van der Waals surface area contributed by atoms with Crippen molar-refractivity contribution in [2.24, 2.45) is 0 Å². The molecule has 156 valence electrons. The Morgan fingerprint density at radius 3 is 2.23 bits per heavy atom. The normalized spacial score (nSPS) is 17.3. The summed E-state index contributed by atoms with van der Waals surface area (Å²) in [4.78, 5) is 26.5. The van der Waals surface area contributed by atoms with E-state index >= 15 is 0 Å². The van der Waals surface area contributed by atoms with Gasteiger partial charge in [0.05, 0.1) is 0 Å². The lowest BCUT2D eigenvalue weighted by Gasteiger charge is -2.21. The first-order chi connectivity index (χ1) is 15.1. The van der Waals surface area contributed by atoms with Gasteiger partial charge in [0, 0.05) is 16.8 Å². The molecule has 3 aromatic rings. The van der Waals surface area contributed by atoms with Crippen molar-refractivity contribution in [2.75, 3.05) is 13.3 Å².